The Morgan fingerprint density at radius 3 is 2.82 bits per heavy atom. The van der Waals surface area contributed by atoms with Gasteiger partial charge in [0.05, 0.1) is 21.1 Å². The lowest BCUT2D eigenvalue weighted by Crippen LogP contribution is -2.37. The van der Waals surface area contributed by atoms with E-state index < -0.39 is 24.5 Å². The zero-order valence-electron chi connectivity index (χ0n) is 14.5. The third kappa shape index (κ3) is 3.65. The lowest BCUT2D eigenvalue weighted by atomic mass is 10.1. The number of nitrogens with one attached hydrogen (secondary N) is 1. The first kappa shape index (κ1) is 20.3. The fourth-order valence-corrected chi connectivity index (χ4v) is 4.43. The lowest BCUT2D eigenvalue weighted by Gasteiger charge is -2.18. The quantitative estimate of drug-likeness (QED) is 0.558. The van der Waals surface area contributed by atoms with E-state index in [1.165, 1.54) is 0 Å². The summed E-state index contributed by atoms with van der Waals surface area (Å²) < 4.78 is 13.1. The number of aliphatic hydroxyl groups is 2. The number of esters is 1. The number of aromatic nitrogens is 2. The van der Waals surface area contributed by atoms with Crippen LogP contribution in [0.4, 0.5) is 0 Å². The van der Waals surface area contributed by atoms with Crippen LogP contribution in [0.1, 0.15) is 19.1 Å². The van der Waals surface area contributed by atoms with E-state index in [9.17, 15) is 15.0 Å². The Morgan fingerprint density at radius 2 is 2.11 bits per heavy atom. The predicted molar refractivity (Wildman–Crippen MR) is 105 cm³/mol. The second-order valence-electron chi connectivity index (χ2n) is 6.83. The smallest absolute Gasteiger partial charge is 0.323 e. The van der Waals surface area contributed by atoms with Gasteiger partial charge in [0.1, 0.15) is 31.0 Å². The zero-order chi connectivity index (χ0) is 20.0. The van der Waals surface area contributed by atoms with Crippen LogP contribution in [-0.4, -0.2) is 63.2 Å². The number of halogens is 3. The van der Waals surface area contributed by atoms with Crippen LogP contribution in [0.15, 0.2) is 16.9 Å². The van der Waals surface area contributed by atoms with Gasteiger partial charge in [-0.1, -0.05) is 23.2 Å². The highest BCUT2D eigenvalue weighted by atomic mass is 79.9. The molecule has 2 fully saturated rings. The molecule has 2 saturated heterocycles. The van der Waals surface area contributed by atoms with Gasteiger partial charge in [-0.3, -0.25) is 9.36 Å². The standard InChI is InChI=1S/C17H18BrCl2N3O5/c18-17-22-10-4-7(19)8(20)5-11(10)23(17)15-14(25)13(24)12(28-15)6-27-16(26)9-2-1-3-21-9/h4-5,9,12-15,21,24-25H,1-3,6H2/t9-,12+,13+,14+,15?/m0/s1. The van der Waals surface area contributed by atoms with Crippen molar-refractivity contribution in [2.24, 2.45) is 0 Å². The van der Waals surface area contributed by atoms with E-state index in [1.807, 2.05) is 0 Å². The summed E-state index contributed by atoms with van der Waals surface area (Å²) in [5.74, 6) is -0.387. The monoisotopic (exact) mass is 493 g/mol. The number of nitrogens with zero attached hydrogens (tertiary/aromatic N) is 2. The molecule has 2 aliphatic heterocycles. The van der Waals surface area contributed by atoms with E-state index in [2.05, 4.69) is 26.2 Å². The third-order valence-electron chi connectivity index (χ3n) is 5.01. The van der Waals surface area contributed by atoms with E-state index >= 15 is 0 Å². The maximum Gasteiger partial charge on any atom is 0.323 e. The van der Waals surface area contributed by atoms with Crippen molar-refractivity contribution in [1.29, 1.82) is 0 Å². The Kier molecular flexibility index (Phi) is 5.85. The molecule has 5 atom stereocenters. The highest BCUT2D eigenvalue weighted by Crippen LogP contribution is 2.37. The minimum absolute atomic E-state index is 0.164. The highest BCUT2D eigenvalue weighted by Gasteiger charge is 2.45. The van der Waals surface area contributed by atoms with Gasteiger partial charge in [0.15, 0.2) is 11.0 Å². The van der Waals surface area contributed by atoms with Gasteiger partial charge in [-0.25, -0.2) is 4.98 Å². The normalized spacial score (nSPS) is 30.2. The SMILES string of the molecule is O=C(OC[C@H]1OC(n2c(Br)nc3cc(Cl)c(Cl)cc32)[C@H](O)[C@@H]1O)[C@@H]1CCCN1. The first-order valence-electron chi connectivity index (χ1n) is 8.81. The Labute approximate surface area is 178 Å². The molecule has 0 radical (unpaired) electrons. The van der Waals surface area contributed by atoms with Gasteiger partial charge in [-0.2, -0.15) is 0 Å². The van der Waals surface area contributed by atoms with Crippen molar-refractivity contribution in [3.05, 3.63) is 26.9 Å². The number of rotatable bonds is 4. The van der Waals surface area contributed by atoms with Crippen molar-refractivity contribution >= 4 is 56.1 Å². The Morgan fingerprint density at radius 1 is 1.36 bits per heavy atom. The second-order valence-corrected chi connectivity index (χ2v) is 8.35. The molecule has 0 saturated carbocycles. The summed E-state index contributed by atoms with van der Waals surface area (Å²) in [7, 11) is 0. The molecule has 1 aromatic carbocycles. The Bertz CT molecular complexity index is 905. The van der Waals surface area contributed by atoms with Crippen molar-refractivity contribution in [2.75, 3.05) is 13.2 Å². The van der Waals surface area contributed by atoms with Crippen LogP contribution in [-0.2, 0) is 14.3 Å². The van der Waals surface area contributed by atoms with Crippen LogP contribution in [0.25, 0.3) is 11.0 Å². The van der Waals surface area contributed by atoms with E-state index in [4.69, 9.17) is 32.7 Å². The minimum atomic E-state index is -1.25. The van der Waals surface area contributed by atoms with Gasteiger partial charge in [-0.05, 0) is 47.4 Å². The summed E-state index contributed by atoms with van der Waals surface area (Å²) in [6.07, 6.45) is -2.68. The fourth-order valence-electron chi connectivity index (χ4n) is 3.53. The summed E-state index contributed by atoms with van der Waals surface area (Å²) in [6.45, 7) is 0.611. The molecule has 8 nitrogen and oxygen atoms in total. The number of hydrogen-bond acceptors (Lipinski definition) is 7. The number of imidazole rings is 1. The molecule has 1 aromatic heterocycles. The molecule has 3 heterocycles. The number of hydrogen-bond donors (Lipinski definition) is 3. The molecule has 11 heteroatoms. The summed E-state index contributed by atoms with van der Waals surface area (Å²) in [5.41, 5.74) is 1.12. The van der Waals surface area contributed by atoms with Gasteiger partial charge in [0.2, 0.25) is 0 Å². The van der Waals surface area contributed by atoms with Crippen LogP contribution in [0, 0.1) is 0 Å². The Hall–Kier alpha value is -0.940. The number of carbonyl (C=O) groups excluding carboxylic acids is 1. The summed E-state index contributed by atoms with van der Waals surface area (Å²) in [4.78, 5) is 16.4. The maximum absolute atomic E-state index is 12.1. The van der Waals surface area contributed by atoms with Crippen molar-refractivity contribution in [2.45, 2.75) is 43.4 Å². The largest absolute Gasteiger partial charge is 0.462 e. The number of ether oxygens (including phenoxy) is 2. The van der Waals surface area contributed by atoms with E-state index in [0.29, 0.717) is 25.8 Å². The third-order valence-corrected chi connectivity index (χ3v) is 6.30. The molecule has 2 aromatic rings. The molecule has 0 bridgehead atoms. The molecule has 1 unspecified atom stereocenters. The molecule has 0 aliphatic carbocycles. The van der Waals surface area contributed by atoms with E-state index in [1.54, 1.807) is 16.7 Å². The van der Waals surface area contributed by atoms with Crippen LogP contribution >= 0.6 is 39.1 Å². The number of aliphatic hydroxyl groups excluding tert-OH is 2. The predicted octanol–water partition coefficient (Wildman–Crippen LogP) is 2.02. The fraction of sp³-hybridized carbons (Fsp3) is 0.529. The average Bonchev–Trinajstić information content (AvgIpc) is 3.35. The molecular formula is C17H18BrCl2N3O5. The highest BCUT2D eigenvalue weighted by molar-refractivity contribution is 9.10. The number of carbonyl (C=O) groups is 1. The lowest BCUT2D eigenvalue weighted by molar-refractivity contribution is -0.152. The molecule has 3 N–H and O–H groups in total. The molecular weight excluding hydrogens is 477 g/mol. The minimum Gasteiger partial charge on any atom is -0.462 e. The van der Waals surface area contributed by atoms with Gasteiger partial charge in [-0.15, -0.1) is 0 Å². The van der Waals surface area contributed by atoms with Crippen molar-refractivity contribution in [1.82, 2.24) is 14.9 Å². The number of fused-ring (bicyclic) bond motifs is 1. The van der Waals surface area contributed by atoms with E-state index in [-0.39, 0.29) is 18.6 Å². The van der Waals surface area contributed by atoms with Crippen molar-refractivity contribution in [3.63, 3.8) is 0 Å². The molecule has 0 spiro atoms. The van der Waals surface area contributed by atoms with Crippen molar-refractivity contribution in [3.8, 4) is 0 Å². The van der Waals surface area contributed by atoms with Crippen LogP contribution in [0.2, 0.25) is 10.0 Å². The van der Waals surface area contributed by atoms with E-state index in [0.717, 1.165) is 19.4 Å². The molecule has 152 valence electrons. The van der Waals surface area contributed by atoms with Crippen LogP contribution in [0.3, 0.4) is 0 Å². The topological polar surface area (TPSA) is 106 Å². The van der Waals surface area contributed by atoms with Gasteiger partial charge in [0.25, 0.3) is 0 Å². The van der Waals surface area contributed by atoms with Gasteiger partial charge < -0.3 is 25.0 Å². The maximum atomic E-state index is 12.1. The van der Waals surface area contributed by atoms with Gasteiger partial charge in [0, 0.05) is 0 Å². The molecule has 0 amide bonds. The first-order valence-corrected chi connectivity index (χ1v) is 10.4. The average molecular weight is 495 g/mol. The second kappa shape index (κ2) is 8.06. The first-order chi connectivity index (χ1) is 13.4. The number of benzene rings is 1. The van der Waals surface area contributed by atoms with Gasteiger partial charge >= 0.3 is 5.97 Å². The zero-order valence-corrected chi connectivity index (χ0v) is 17.6. The molecule has 2 aliphatic rings. The summed E-state index contributed by atoms with van der Waals surface area (Å²) >= 11 is 15.5. The van der Waals surface area contributed by atoms with Crippen LogP contribution in [0.5, 0.6) is 0 Å². The molecule has 4 rings (SSSR count). The summed E-state index contributed by atoms with van der Waals surface area (Å²) in [5, 5.41) is 24.6. The van der Waals surface area contributed by atoms with Crippen LogP contribution < -0.4 is 5.32 Å². The summed E-state index contributed by atoms with van der Waals surface area (Å²) in [6, 6.07) is 2.88. The van der Waals surface area contributed by atoms with Crippen molar-refractivity contribution < 1.29 is 24.5 Å². The molecule has 28 heavy (non-hydrogen) atoms. The Balaban J connectivity index is 1.53.